The fourth-order valence-corrected chi connectivity index (χ4v) is 7.45. The van der Waals surface area contributed by atoms with Gasteiger partial charge in [-0.05, 0) is 125 Å². The van der Waals surface area contributed by atoms with E-state index in [4.69, 9.17) is 20.9 Å². The summed E-state index contributed by atoms with van der Waals surface area (Å²) in [7, 11) is 0. The molecule has 56 heavy (non-hydrogen) atoms. The van der Waals surface area contributed by atoms with E-state index >= 15 is 0 Å². The first-order chi connectivity index (χ1) is 27.6. The van der Waals surface area contributed by atoms with Crippen molar-refractivity contribution in [2.45, 2.75) is 192 Å². The third-order valence-electron chi connectivity index (χ3n) is 11.1. The van der Waals surface area contributed by atoms with Crippen molar-refractivity contribution in [1.29, 1.82) is 0 Å². The molecule has 0 saturated heterocycles. The van der Waals surface area contributed by atoms with Gasteiger partial charge in [-0.15, -0.1) is 0 Å². The Kier molecular flexibility index (Phi) is 26.6. The molecule has 4 nitrogen and oxygen atoms in total. The van der Waals surface area contributed by atoms with Gasteiger partial charge >= 0.3 is 0 Å². The number of unbranched alkanes of at least 4 members (excludes halogenated alkanes) is 14. The van der Waals surface area contributed by atoms with E-state index in [1.54, 1.807) is 0 Å². The van der Waals surface area contributed by atoms with E-state index < -0.39 is 0 Å². The maximum absolute atomic E-state index is 6.79. The van der Waals surface area contributed by atoms with E-state index in [9.17, 15) is 0 Å². The van der Waals surface area contributed by atoms with Crippen LogP contribution in [-0.2, 0) is 0 Å². The molecule has 4 N–H and O–H groups in total. The largest absolute Gasteiger partial charge is 0.490 e. The summed E-state index contributed by atoms with van der Waals surface area (Å²) in [6, 6.07) is 29.1. The zero-order valence-corrected chi connectivity index (χ0v) is 35.6. The smallest absolute Gasteiger partial charge is 0.119 e. The summed E-state index contributed by atoms with van der Waals surface area (Å²) in [6.45, 7) is 4.56. The van der Waals surface area contributed by atoms with E-state index in [0.717, 1.165) is 86.8 Å². The van der Waals surface area contributed by atoms with Crippen molar-refractivity contribution in [3.63, 3.8) is 0 Å². The molecule has 0 heterocycles. The highest BCUT2D eigenvalue weighted by Crippen LogP contribution is 2.26. The predicted octanol–water partition coefficient (Wildman–Crippen LogP) is 15.1. The molecule has 0 radical (unpaired) electrons. The third-order valence-corrected chi connectivity index (χ3v) is 11.1. The summed E-state index contributed by atoms with van der Waals surface area (Å²) in [5, 5.41) is 0. The Morgan fingerprint density at radius 3 is 1.11 bits per heavy atom. The Labute approximate surface area is 343 Å². The summed E-state index contributed by atoms with van der Waals surface area (Å²) < 4.78 is 13.0. The molecule has 0 aliphatic heterocycles. The van der Waals surface area contributed by atoms with Gasteiger partial charge in [-0.25, -0.2) is 0 Å². The second-order valence-electron chi connectivity index (χ2n) is 16.1. The van der Waals surface area contributed by atoms with Gasteiger partial charge in [-0.3, -0.25) is 0 Å². The minimum Gasteiger partial charge on any atom is -0.490 e. The van der Waals surface area contributed by atoms with Crippen molar-refractivity contribution in [3.8, 4) is 11.5 Å². The topological polar surface area (TPSA) is 70.5 Å². The van der Waals surface area contributed by atoms with Crippen LogP contribution in [0.5, 0.6) is 11.5 Å². The van der Waals surface area contributed by atoms with Gasteiger partial charge in [0.05, 0.1) is 12.2 Å². The molecule has 3 aromatic carbocycles. The van der Waals surface area contributed by atoms with Crippen LogP contribution in [0.4, 0.5) is 0 Å². The fraction of sp³-hybridized carbons (Fsp3) is 0.577. The average Bonchev–Trinajstić information content (AvgIpc) is 3.23. The second kappa shape index (κ2) is 31.7. The second-order valence-corrected chi connectivity index (χ2v) is 16.1. The number of rotatable bonds is 34. The van der Waals surface area contributed by atoms with E-state index in [1.165, 1.54) is 89.9 Å². The number of hydrogen-bond donors (Lipinski definition) is 2. The molecule has 0 fully saturated rings. The van der Waals surface area contributed by atoms with Gasteiger partial charge in [0.15, 0.2) is 0 Å². The van der Waals surface area contributed by atoms with Crippen LogP contribution >= 0.6 is 0 Å². The number of benzene rings is 3. The van der Waals surface area contributed by atoms with Crippen LogP contribution < -0.4 is 20.9 Å². The number of allylic oxidation sites excluding steroid dienone is 4. The lowest BCUT2D eigenvalue weighted by Gasteiger charge is -2.22. The highest BCUT2D eigenvalue weighted by atomic mass is 16.5. The van der Waals surface area contributed by atoms with Crippen molar-refractivity contribution in [2.24, 2.45) is 11.5 Å². The number of hydrogen-bond acceptors (Lipinski definition) is 4. The van der Waals surface area contributed by atoms with Gasteiger partial charge in [0.25, 0.3) is 0 Å². The Bertz CT molecular complexity index is 1270. The van der Waals surface area contributed by atoms with E-state index in [1.807, 2.05) is 36.4 Å². The molecule has 0 aromatic heterocycles. The van der Waals surface area contributed by atoms with Crippen molar-refractivity contribution in [1.82, 2.24) is 0 Å². The fourth-order valence-electron chi connectivity index (χ4n) is 7.45. The van der Waals surface area contributed by atoms with Crippen molar-refractivity contribution >= 4 is 0 Å². The first-order valence-corrected chi connectivity index (χ1v) is 22.9. The molecule has 4 atom stereocenters. The van der Waals surface area contributed by atoms with Crippen LogP contribution in [0.3, 0.4) is 0 Å². The quantitative estimate of drug-likeness (QED) is 0.0469. The van der Waals surface area contributed by atoms with Gasteiger partial charge in [0.2, 0.25) is 0 Å². The summed E-state index contributed by atoms with van der Waals surface area (Å²) >= 11 is 0. The molecule has 4 unspecified atom stereocenters. The molecule has 0 spiro atoms. The van der Waals surface area contributed by atoms with Crippen LogP contribution in [0.1, 0.15) is 191 Å². The minimum absolute atomic E-state index is 0.0390. The molecule has 3 rings (SSSR count). The van der Waals surface area contributed by atoms with Gasteiger partial charge < -0.3 is 20.9 Å². The van der Waals surface area contributed by atoms with Crippen molar-refractivity contribution in [3.05, 3.63) is 120 Å². The summed E-state index contributed by atoms with van der Waals surface area (Å²) in [6.07, 6.45) is 38.6. The highest BCUT2D eigenvalue weighted by molar-refractivity contribution is 5.27. The van der Waals surface area contributed by atoms with Crippen LogP contribution in [0.2, 0.25) is 0 Å². The lowest BCUT2D eigenvalue weighted by atomic mass is 9.95. The molecule has 310 valence electrons. The molecule has 0 bridgehead atoms. The Balaban J connectivity index is 1.43. The lowest BCUT2D eigenvalue weighted by molar-refractivity contribution is 0.172. The zero-order valence-electron chi connectivity index (χ0n) is 35.6. The zero-order chi connectivity index (χ0) is 39.7. The van der Waals surface area contributed by atoms with Crippen molar-refractivity contribution < 1.29 is 9.47 Å². The van der Waals surface area contributed by atoms with Gasteiger partial charge in [-0.1, -0.05) is 163 Å². The normalized spacial score (nSPS) is 13.9. The van der Waals surface area contributed by atoms with E-state index in [-0.39, 0.29) is 24.3 Å². The first-order valence-electron chi connectivity index (χ1n) is 22.9. The summed E-state index contributed by atoms with van der Waals surface area (Å²) in [4.78, 5) is 0. The van der Waals surface area contributed by atoms with Gasteiger partial charge in [0, 0.05) is 12.1 Å². The van der Waals surface area contributed by atoms with E-state index in [0.29, 0.717) is 0 Å². The Morgan fingerprint density at radius 1 is 0.393 bits per heavy atom. The summed E-state index contributed by atoms with van der Waals surface area (Å²) in [5.41, 5.74) is 15.9. The van der Waals surface area contributed by atoms with Gasteiger partial charge in [-0.2, -0.15) is 0 Å². The third kappa shape index (κ3) is 22.4. The predicted molar refractivity (Wildman–Crippen MR) is 242 cm³/mol. The number of para-hydroxylation sites is 2. The van der Waals surface area contributed by atoms with Crippen LogP contribution in [-0.4, -0.2) is 12.2 Å². The molecule has 0 saturated carbocycles. The molecule has 4 heteroatoms. The highest BCUT2D eigenvalue weighted by Gasteiger charge is 2.17. The number of ether oxygens (including phenoxy) is 2. The molecule has 3 aromatic rings. The maximum atomic E-state index is 6.79. The average molecular weight is 765 g/mol. The Morgan fingerprint density at radius 2 is 0.732 bits per heavy atom. The Hall–Kier alpha value is -3.34. The van der Waals surface area contributed by atoms with Crippen LogP contribution in [0, 0.1) is 0 Å². The molecule has 0 amide bonds. The van der Waals surface area contributed by atoms with Crippen LogP contribution in [0.15, 0.2) is 109 Å². The SMILES string of the molecule is CCCCCCCC/C=C\CCCC(CCC(N)c1ccc(C(N)CCC(CCC/C=C\CCCCCCCC)Oc2ccccc2)cc1)Oc1ccccc1. The van der Waals surface area contributed by atoms with Crippen LogP contribution in [0.25, 0.3) is 0 Å². The molecule has 0 aliphatic rings. The standard InChI is InChI=1S/C52H80N2O2/c1-3-5-7-9-11-13-15-17-19-21-25-35-49(55-47-31-27-23-28-32-47)41-43-51(53)45-37-39-46(40-38-45)52(54)44-42-50(56-48-33-29-24-30-34-48)36-26-22-20-18-16-14-12-10-8-6-4-2/h17-20,23-24,27-34,37-40,49-52H,3-16,21-22,25-26,35-36,41-44,53-54H2,1-2H3/b19-17-,20-18-. The first kappa shape index (κ1) is 47.0. The summed E-state index contributed by atoms with van der Waals surface area (Å²) in [5.74, 6) is 1.88. The molecular formula is C52H80N2O2. The molecular weight excluding hydrogens is 685 g/mol. The van der Waals surface area contributed by atoms with Crippen molar-refractivity contribution in [2.75, 3.05) is 0 Å². The van der Waals surface area contributed by atoms with Gasteiger partial charge in [0.1, 0.15) is 11.5 Å². The molecule has 0 aliphatic carbocycles. The lowest BCUT2D eigenvalue weighted by Crippen LogP contribution is -2.21. The maximum Gasteiger partial charge on any atom is 0.119 e. The minimum atomic E-state index is -0.0390. The van der Waals surface area contributed by atoms with E-state index in [2.05, 4.69) is 86.7 Å². The number of nitrogens with two attached hydrogens (primary N) is 2. The monoisotopic (exact) mass is 765 g/mol.